The fourth-order valence-electron chi connectivity index (χ4n) is 3.85. The van der Waals surface area contributed by atoms with Crippen LogP contribution < -0.4 is 0 Å². The molecule has 2 atom stereocenters. The highest BCUT2D eigenvalue weighted by Crippen LogP contribution is 2.43. The summed E-state index contributed by atoms with van der Waals surface area (Å²) < 4.78 is 40.1. The SMILES string of the molecule is CCCCO[Si](OCCCC)(OCCCC)C(CC)SSC(CC)[Si](OCCCC)(OCCCC)OCCCC. The Labute approximate surface area is 259 Å². The maximum atomic E-state index is 6.68. The van der Waals surface area contributed by atoms with Crippen molar-refractivity contribution in [2.45, 2.75) is 155 Å². The maximum absolute atomic E-state index is 6.68. The summed E-state index contributed by atoms with van der Waals surface area (Å²) >= 11 is 0. The van der Waals surface area contributed by atoms with Gasteiger partial charge in [0, 0.05) is 39.6 Å². The lowest BCUT2D eigenvalue weighted by Crippen LogP contribution is -2.57. The Morgan fingerprint density at radius 3 is 0.725 bits per heavy atom. The Kier molecular flexibility index (Phi) is 28.1. The second kappa shape index (κ2) is 27.4. The van der Waals surface area contributed by atoms with E-state index in [1.165, 1.54) is 0 Å². The molecule has 2 unspecified atom stereocenters. The van der Waals surface area contributed by atoms with Gasteiger partial charge >= 0.3 is 17.6 Å². The van der Waals surface area contributed by atoms with Gasteiger partial charge in [-0.05, 0) is 51.4 Å². The highest BCUT2D eigenvalue weighted by Gasteiger charge is 2.53. The largest absolute Gasteiger partial charge is 0.515 e. The summed E-state index contributed by atoms with van der Waals surface area (Å²) in [5, 5.41) is 0. The highest BCUT2D eigenvalue weighted by atomic mass is 33.1. The van der Waals surface area contributed by atoms with Gasteiger partial charge in [-0.25, -0.2) is 0 Å². The van der Waals surface area contributed by atoms with Gasteiger partial charge in [-0.3, -0.25) is 0 Å². The van der Waals surface area contributed by atoms with Crippen LogP contribution in [0.3, 0.4) is 0 Å². The monoisotopic (exact) mass is 642 g/mol. The molecule has 242 valence electrons. The molecule has 0 aliphatic heterocycles. The first kappa shape index (κ1) is 40.9. The van der Waals surface area contributed by atoms with Gasteiger partial charge in [-0.2, -0.15) is 0 Å². The van der Waals surface area contributed by atoms with E-state index >= 15 is 0 Å². The van der Waals surface area contributed by atoms with Gasteiger partial charge < -0.3 is 26.6 Å². The van der Waals surface area contributed by atoms with Crippen LogP contribution in [0.25, 0.3) is 0 Å². The number of unbranched alkanes of at least 4 members (excludes halogenated alkanes) is 6. The minimum absolute atomic E-state index is 0.144. The predicted molar refractivity (Wildman–Crippen MR) is 180 cm³/mol. The van der Waals surface area contributed by atoms with Crippen molar-refractivity contribution in [1.82, 2.24) is 0 Å². The van der Waals surface area contributed by atoms with E-state index in [0.29, 0.717) is 39.6 Å². The molecular weight excluding hydrogens is 577 g/mol. The minimum atomic E-state index is -2.93. The van der Waals surface area contributed by atoms with Crippen LogP contribution in [0.1, 0.15) is 145 Å². The Balaban J connectivity index is 6.10. The standard InChI is InChI=1S/C30H66O6S2Si2/c1-9-17-23-31-39(32-24-18-10-2,33-25-19-11-3)29(15-7)37-38-30(16-8)40(34-26-20-12-4,35-27-21-13-5)36-28-22-14-6/h29-30H,9-28H2,1-8H3. The van der Waals surface area contributed by atoms with E-state index in [9.17, 15) is 0 Å². The van der Waals surface area contributed by atoms with Crippen LogP contribution in [-0.4, -0.2) is 67.0 Å². The minimum Gasteiger partial charge on any atom is -0.373 e. The lowest BCUT2D eigenvalue weighted by molar-refractivity contribution is 0.0534. The van der Waals surface area contributed by atoms with Crippen molar-refractivity contribution in [3.05, 3.63) is 0 Å². The molecule has 0 saturated carbocycles. The molecule has 0 heterocycles. The predicted octanol–water partition coefficient (Wildman–Crippen LogP) is 9.78. The molecule has 0 spiro atoms. The molecule has 0 fully saturated rings. The van der Waals surface area contributed by atoms with E-state index in [1.54, 1.807) is 0 Å². The number of hydrogen-bond acceptors (Lipinski definition) is 8. The molecule has 40 heavy (non-hydrogen) atoms. The molecule has 0 rings (SSSR count). The Morgan fingerprint density at radius 2 is 0.575 bits per heavy atom. The van der Waals surface area contributed by atoms with Crippen molar-refractivity contribution in [1.29, 1.82) is 0 Å². The van der Waals surface area contributed by atoms with Gasteiger partial charge in [0.05, 0.1) is 9.75 Å². The molecule has 0 N–H and O–H groups in total. The fraction of sp³-hybridized carbons (Fsp3) is 1.00. The summed E-state index contributed by atoms with van der Waals surface area (Å²) in [5.74, 6) is 0. The van der Waals surface area contributed by atoms with Crippen LogP contribution in [0.5, 0.6) is 0 Å². The lowest BCUT2D eigenvalue weighted by Gasteiger charge is -2.38. The molecule has 0 aliphatic rings. The summed E-state index contributed by atoms with van der Waals surface area (Å²) in [7, 11) is -2.11. The summed E-state index contributed by atoms with van der Waals surface area (Å²) in [4.78, 5) is 0.288. The number of rotatable bonds is 31. The van der Waals surface area contributed by atoms with Gasteiger partial charge in [0.2, 0.25) is 0 Å². The Bertz CT molecular complexity index is 451. The molecule has 0 saturated heterocycles. The summed E-state index contributed by atoms with van der Waals surface area (Å²) in [5.41, 5.74) is 0. The van der Waals surface area contributed by atoms with E-state index in [1.807, 2.05) is 21.6 Å². The second-order valence-corrected chi connectivity index (χ2v) is 19.5. The van der Waals surface area contributed by atoms with Crippen LogP contribution in [0.15, 0.2) is 0 Å². The number of hydrogen-bond donors (Lipinski definition) is 0. The molecule has 0 aliphatic carbocycles. The van der Waals surface area contributed by atoms with E-state index in [-0.39, 0.29) is 9.75 Å². The van der Waals surface area contributed by atoms with Crippen molar-refractivity contribution in [3.8, 4) is 0 Å². The fourth-order valence-corrected chi connectivity index (χ4v) is 16.5. The van der Waals surface area contributed by atoms with Crippen LogP contribution in [-0.2, 0) is 26.6 Å². The van der Waals surface area contributed by atoms with Crippen LogP contribution in [0.4, 0.5) is 0 Å². The first-order valence-corrected chi connectivity index (χ1v) is 22.5. The molecule has 6 nitrogen and oxygen atoms in total. The molecule has 0 radical (unpaired) electrons. The van der Waals surface area contributed by atoms with Gasteiger partial charge in [-0.1, -0.05) is 116 Å². The molecule has 0 aromatic rings. The van der Waals surface area contributed by atoms with Gasteiger partial charge in [0.25, 0.3) is 0 Å². The van der Waals surface area contributed by atoms with E-state index in [4.69, 9.17) is 26.6 Å². The quantitative estimate of drug-likeness (QED) is 0.0421. The zero-order valence-electron chi connectivity index (χ0n) is 27.6. The second-order valence-electron chi connectivity index (χ2n) is 10.4. The van der Waals surface area contributed by atoms with Crippen molar-refractivity contribution in [3.63, 3.8) is 0 Å². The highest BCUT2D eigenvalue weighted by molar-refractivity contribution is 8.77. The smallest absolute Gasteiger partial charge is 0.373 e. The van der Waals surface area contributed by atoms with Crippen LogP contribution in [0, 0.1) is 0 Å². The Hall–Kier alpha value is 0.894. The third-order valence-electron chi connectivity index (χ3n) is 6.62. The summed E-state index contributed by atoms with van der Waals surface area (Å²) in [6.07, 6.45) is 14.6. The third kappa shape index (κ3) is 16.7. The van der Waals surface area contributed by atoms with Gasteiger partial charge in [0.1, 0.15) is 0 Å². The van der Waals surface area contributed by atoms with Crippen molar-refractivity contribution < 1.29 is 26.6 Å². The normalized spacial score (nSPS) is 14.1. The molecule has 0 amide bonds. The average molecular weight is 643 g/mol. The summed E-state index contributed by atoms with van der Waals surface area (Å²) in [6.45, 7) is 21.9. The topological polar surface area (TPSA) is 55.4 Å². The maximum Gasteiger partial charge on any atom is 0.515 e. The lowest BCUT2D eigenvalue weighted by atomic mass is 10.4. The van der Waals surface area contributed by atoms with Crippen LogP contribution >= 0.6 is 21.6 Å². The molecular formula is C30H66O6S2Si2. The van der Waals surface area contributed by atoms with E-state index < -0.39 is 17.6 Å². The molecule has 0 bridgehead atoms. The summed E-state index contributed by atoms with van der Waals surface area (Å²) in [6, 6.07) is 0. The molecule has 10 heteroatoms. The van der Waals surface area contributed by atoms with Gasteiger partial charge in [-0.15, -0.1) is 0 Å². The zero-order valence-corrected chi connectivity index (χ0v) is 31.2. The van der Waals surface area contributed by atoms with E-state index in [2.05, 4.69) is 55.4 Å². The average Bonchev–Trinajstić information content (AvgIpc) is 2.96. The van der Waals surface area contributed by atoms with Crippen molar-refractivity contribution in [2.24, 2.45) is 0 Å². The zero-order chi connectivity index (χ0) is 30.0. The Morgan fingerprint density at radius 1 is 0.375 bits per heavy atom. The first-order chi connectivity index (χ1) is 19.5. The van der Waals surface area contributed by atoms with E-state index in [0.717, 1.165) is 89.9 Å². The third-order valence-corrected chi connectivity index (χ3v) is 19.1. The van der Waals surface area contributed by atoms with Crippen molar-refractivity contribution >= 4 is 39.2 Å². The van der Waals surface area contributed by atoms with Crippen LogP contribution in [0.2, 0.25) is 0 Å². The van der Waals surface area contributed by atoms with Gasteiger partial charge in [0.15, 0.2) is 0 Å². The molecule has 0 aromatic carbocycles. The first-order valence-electron chi connectivity index (χ1n) is 16.6. The van der Waals surface area contributed by atoms with Crippen molar-refractivity contribution in [2.75, 3.05) is 39.6 Å². The molecule has 0 aromatic heterocycles.